The standard InChI is InChI=1S/C20H22FN3O5/c21-13-4-6-14(7-5-13)29-11-12-9-23-17(18(26)15(12)10-25)20(28)24-16-3-1-2-8-22-19(16)27/h4-7,9,16,25-26H,1-3,8,10-11H2,(H,22,27)(H,24,28). The average molecular weight is 403 g/mol. The molecular weight excluding hydrogens is 381 g/mol. The van der Waals surface area contributed by atoms with Gasteiger partial charge in [-0.3, -0.25) is 9.59 Å². The number of carbonyl (C=O) groups excluding carboxylic acids is 2. The lowest BCUT2D eigenvalue weighted by Crippen LogP contribution is -2.45. The van der Waals surface area contributed by atoms with E-state index in [0.717, 1.165) is 12.8 Å². The maximum atomic E-state index is 13.0. The predicted octanol–water partition coefficient (Wildman–Crippen LogP) is 1.40. The average Bonchev–Trinajstić information content (AvgIpc) is 2.91. The van der Waals surface area contributed by atoms with Gasteiger partial charge in [-0.25, -0.2) is 9.37 Å². The maximum absolute atomic E-state index is 13.0. The van der Waals surface area contributed by atoms with Gasteiger partial charge in [0, 0.05) is 23.9 Å². The van der Waals surface area contributed by atoms with Crippen LogP contribution in [-0.4, -0.2) is 39.6 Å². The van der Waals surface area contributed by atoms with Crippen LogP contribution in [0.15, 0.2) is 30.5 Å². The predicted molar refractivity (Wildman–Crippen MR) is 101 cm³/mol. The molecule has 1 saturated heterocycles. The lowest BCUT2D eigenvalue weighted by Gasteiger charge is -2.17. The van der Waals surface area contributed by atoms with Crippen LogP contribution in [0.1, 0.15) is 40.9 Å². The van der Waals surface area contributed by atoms with E-state index >= 15 is 0 Å². The third kappa shape index (κ3) is 5.00. The summed E-state index contributed by atoms with van der Waals surface area (Å²) in [7, 11) is 0. The summed E-state index contributed by atoms with van der Waals surface area (Å²) in [5.41, 5.74) is 0.187. The van der Waals surface area contributed by atoms with Gasteiger partial charge < -0.3 is 25.6 Å². The third-order valence-corrected chi connectivity index (χ3v) is 4.67. The van der Waals surface area contributed by atoms with Crippen molar-refractivity contribution in [1.82, 2.24) is 15.6 Å². The Morgan fingerprint density at radius 1 is 1.31 bits per heavy atom. The van der Waals surface area contributed by atoms with E-state index in [1.807, 2.05) is 0 Å². The summed E-state index contributed by atoms with van der Waals surface area (Å²) < 4.78 is 18.5. The molecule has 4 N–H and O–H groups in total. The Balaban J connectivity index is 1.74. The Labute approximate surface area is 166 Å². The van der Waals surface area contributed by atoms with Gasteiger partial charge in [0.2, 0.25) is 5.91 Å². The molecule has 1 aromatic carbocycles. The van der Waals surface area contributed by atoms with E-state index in [0.29, 0.717) is 24.3 Å². The van der Waals surface area contributed by atoms with Crippen molar-refractivity contribution in [1.29, 1.82) is 0 Å². The summed E-state index contributed by atoms with van der Waals surface area (Å²) in [5.74, 6) is -1.45. The maximum Gasteiger partial charge on any atom is 0.274 e. The number of rotatable bonds is 6. The highest BCUT2D eigenvalue weighted by Crippen LogP contribution is 2.26. The summed E-state index contributed by atoms with van der Waals surface area (Å²) in [6.45, 7) is -0.0260. The zero-order valence-corrected chi connectivity index (χ0v) is 15.7. The van der Waals surface area contributed by atoms with Gasteiger partial charge in [0.05, 0.1) is 6.61 Å². The summed E-state index contributed by atoms with van der Waals surface area (Å²) in [5, 5.41) is 25.4. The number of hydrogen-bond donors (Lipinski definition) is 4. The van der Waals surface area contributed by atoms with Crippen molar-refractivity contribution >= 4 is 11.8 Å². The van der Waals surface area contributed by atoms with Crippen molar-refractivity contribution in [2.75, 3.05) is 6.54 Å². The van der Waals surface area contributed by atoms with Crippen molar-refractivity contribution in [3.63, 3.8) is 0 Å². The molecule has 29 heavy (non-hydrogen) atoms. The minimum absolute atomic E-state index is 0.0466. The minimum Gasteiger partial charge on any atom is -0.505 e. The van der Waals surface area contributed by atoms with Crippen LogP contribution < -0.4 is 15.4 Å². The van der Waals surface area contributed by atoms with Gasteiger partial charge in [0.25, 0.3) is 5.91 Å². The first-order valence-corrected chi connectivity index (χ1v) is 9.27. The molecule has 3 rings (SSSR count). The fourth-order valence-corrected chi connectivity index (χ4v) is 3.04. The van der Waals surface area contributed by atoms with Gasteiger partial charge in [-0.1, -0.05) is 0 Å². The molecule has 1 fully saturated rings. The number of benzene rings is 1. The number of nitrogens with zero attached hydrogens (tertiary/aromatic N) is 1. The molecule has 0 bridgehead atoms. The molecular formula is C20H22FN3O5. The molecule has 0 radical (unpaired) electrons. The number of pyridine rings is 1. The van der Waals surface area contributed by atoms with E-state index in [9.17, 15) is 24.2 Å². The Morgan fingerprint density at radius 3 is 2.79 bits per heavy atom. The van der Waals surface area contributed by atoms with Crippen molar-refractivity contribution < 1.29 is 28.9 Å². The fourth-order valence-electron chi connectivity index (χ4n) is 3.04. The number of aromatic hydroxyl groups is 1. The van der Waals surface area contributed by atoms with Crippen LogP contribution in [0.5, 0.6) is 11.5 Å². The van der Waals surface area contributed by atoms with Crippen LogP contribution in [0.4, 0.5) is 4.39 Å². The Hall–Kier alpha value is -3.20. The highest BCUT2D eigenvalue weighted by atomic mass is 19.1. The number of hydrogen-bond acceptors (Lipinski definition) is 6. The number of carbonyl (C=O) groups is 2. The highest BCUT2D eigenvalue weighted by molar-refractivity contribution is 5.98. The monoisotopic (exact) mass is 403 g/mol. The largest absolute Gasteiger partial charge is 0.505 e. The molecule has 9 heteroatoms. The fraction of sp³-hybridized carbons (Fsp3) is 0.350. The molecule has 2 amide bonds. The summed E-state index contributed by atoms with van der Waals surface area (Å²) in [4.78, 5) is 28.5. The molecule has 1 aromatic heterocycles. The molecule has 0 aliphatic carbocycles. The number of aromatic nitrogens is 1. The van der Waals surface area contributed by atoms with E-state index in [4.69, 9.17) is 4.74 Å². The lowest BCUT2D eigenvalue weighted by molar-refractivity contribution is -0.122. The summed E-state index contributed by atoms with van der Waals surface area (Å²) in [6, 6.07) is 4.68. The topological polar surface area (TPSA) is 121 Å². The molecule has 154 valence electrons. The van der Waals surface area contributed by atoms with Crippen LogP contribution in [0.3, 0.4) is 0 Å². The smallest absolute Gasteiger partial charge is 0.274 e. The van der Waals surface area contributed by atoms with Crippen LogP contribution in [0.25, 0.3) is 0 Å². The normalized spacial score (nSPS) is 16.6. The molecule has 1 aliphatic heterocycles. The zero-order chi connectivity index (χ0) is 20.8. The van der Waals surface area contributed by atoms with Crippen LogP contribution in [-0.2, 0) is 18.0 Å². The second-order valence-electron chi connectivity index (χ2n) is 6.67. The molecule has 1 atom stereocenters. The Bertz CT molecular complexity index is 888. The number of aliphatic hydroxyl groups excluding tert-OH is 1. The second kappa shape index (κ2) is 9.33. The van der Waals surface area contributed by atoms with E-state index in [1.165, 1.54) is 30.5 Å². The number of aliphatic hydroxyl groups is 1. The van der Waals surface area contributed by atoms with Crippen LogP contribution >= 0.6 is 0 Å². The molecule has 1 unspecified atom stereocenters. The van der Waals surface area contributed by atoms with Crippen molar-refractivity contribution in [3.05, 3.63) is 53.1 Å². The first-order valence-electron chi connectivity index (χ1n) is 9.27. The zero-order valence-electron chi connectivity index (χ0n) is 15.7. The third-order valence-electron chi connectivity index (χ3n) is 4.67. The first-order chi connectivity index (χ1) is 14.0. The van der Waals surface area contributed by atoms with Gasteiger partial charge >= 0.3 is 0 Å². The number of halogens is 1. The number of amides is 2. The number of ether oxygens (including phenoxy) is 1. The molecule has 8 nitrogen and oxygen atoms in total. The summed E-state index contributed by atoms with van der Waals surface area (Å²) >= 11 is 0. The second-order valence-corrected chi connectivity index (χ2v) is 6.67. The molecule has 0 spiro atoms. The SMILES string of the molecule is O=C(NC1CCCCNC1=O)c1ncc(COc2ccc(F)cc2)c(CO)c1O. The van der Waals surface area contributed by atoms with Crippen LogP contribution in [0.2, 0.25) is 0 Å². The van der Waals surface area contributed by atoms with E-state index in [2.05, 4.69) is 15.6 Å². The lowest BCUT2D eigenvalue weighted by atomic mass is 10.1. The van der Waals surface area contributed by atoms with Gasteiger partial charge in [-0.2, -0.15) is 0 Å². The van der Waals surface area contributed by atoms with E-state index < -0.39 is 30.1 Å². The highest BCUT2D eigenvalue weighted by Gasteiger charge is 2.26. The Kier molecular flexibility index (Phi) is 6.61. The van der Waals surface area contributed by atoms with E-state index in [-0.39, 0.29) is 23.8 Å². The van der Waals surface area contributed by atoms with Crippen molar-refractivity contribution in [2.24, 2.45) is 0 Å². The summed E-state index contributed by atoms with van der Waals surface area (Å²) in [6.07, 6.45) is 3.43. The first kappa shape index (κ1) is 20.5. The van der Waals surface area contributed by atoms with Gasteiger partial charge in [0.15, 0.2) is 11.4 Å². The van der Waals surface area contributed by atoms with E-state index in [1.54, 1.807) is 0 Å². The van der Waals surface area contributed by atoms with Crippen LogP contribution in [0, 0.1) is 5.82 Å². The molecule has 2 heterocycles. The number of nitrogens with one attached hydrogen (secondary N) is 2. The van der Waals surface area contributed by atoms with Crippen molar-refractivity contribution in [2.45, 2.75) is 38.5 Å². The molecule has 0 saturated carbocycles. The minimum atomic E-state index is -0.703. The van der Waals surface area contributed by atoms with Crippen molar-refractivity contribution in [3.8, 4) is 11.5 Å². The Morgan fingerprint density at radius 2 is 2.07 bits per heavy atom. The quantitative estimate of drug-likeness (QED) is 0.579. The molecule has 1 aliphatic rings. The molecule has 2 aromatic rings. The van der Waals surface area contributed by atoms with Gasteiger partial charge in [-0.15, -0.1) is 0 Å². The van der Waals surface area contributed by atoms with Gasteiger partial charge in [0.1, 0.15) is 24.2 Å². The van der Waals surface area contributed by atoms with Gasteiger partial charge in [-0.05, 0) is 43.5 Å².